The van der Waals surface area contributed by atoms with Crippen molar-refractivity contribution in [2.45, 2.75) is 25.9 Å². The maximum atomic E-state index is 6.08. The topological polar surface area (TPSA) is 41.7 Å². The lowest BCUT2D eigenvalue weighted by Crippen LogP contribution is -2.36. The molecule has 0 aromatic heterocycles. The Kier molecular flexibility index (Phi) is 5.62. The van der Waals surface area contributed by atoms with Gasteiger partial charge in [0.2, 0.25) is 0 Å². The molecule has 0 spiro atoms. The van der Waals surface area contributed by atoms with Crippen molar-refractivity contribution in [1.29, 1.82) is 0 Å². The van der Waals surface area contributed by atoms with Crippen molar-refractivity contribution in [2.75, 3.05) is 40.3 Å². The van der Waals surface area contributed by atoms with Gasteiger partial charge in [0.15, 0.2) is 0 Å². The van der Waals surface area contributed by atoms with Crippen LogP contribution in [0, 0.1) is 5.92 Å². The highest BCUT2D eigenvalue weighted by Gasteiger charge is 2.34. The lowest BCUT2D eigenvalue weighted by atomic mass is 10.1. The maximum absolute atomic E-state index is 6.08. The van der Waals surface area contributed by atoms with Gasteiger partial charge >= 0.3 is 0 Å². The molecule has 4 heteroatoms. The molecule has 0 saturated carbocycles. The van der Waals surface area contributed by atoms with Crippen LogP contribution in [0.3, 0.4) is 0 Å². The number of hydrogen-bond acceptors (Lipinski definition) is 4. The highest BCUT2D eigenvalue weighted by Crippen LogP contribution is 2.30. The third-order valence-corrected chi connectivity index (χ3v) is 4.48. The first kappa shape index (κ1) is 16.3. The van der Waals surface area contributed by atoms with E-state index < -0.39 is 0 Å². The van der Waals surface area contributed by atoms with Crippen molar-refractivity contribution in [2.24, 2.45) is 11.7 Å². The number of likely N-dealkylation sites (N-methyl/N-ethyl adjacent to an activating group) is 1. The number of nitrogens with zero attached hydrogens (tertiary/aromatic N) is 2. The molecule has 0 aliphatic carbocycles. The van der Waals surface area contributed by atoms with Crippen LogP contribution in [0.1, 0.15) is 25.5 Å². The summed E-state index contributed by atoms with van der Waals surface area (Å²) in [6.07, 6.45) is 0. The zero-order valence-electron chi connectivity index (χ0n) is 13.7. The second-order valence-corrected chi connectivity index (χ2v) is 6.22. The fraction of sp³-hybridized carbons (Fsp3) is 0.647. The number of hydrogen-bond donors (Lipinski definition) is 1. The van der Waals surface area contributed by atoms with Crippen molar-refractivity contribution in [3.8, 4) is 5.75 Å². The molecule has 1 aliphatic rings. The molecular formula is C17H29N3O. The van der Waals surface area contributed by atoms with Crippen molar-refractivity contribution in [1.82, 2.24) is 9.80 Å². The monoisotopic (exact) mass is 291 g/mol. The number of nitrogens with two attached hydrogens (primary N) is 1. The van der Waals surface area contributed by atoms with Gasteiger partial charge in [0.05, 0.1) is 6.61 Å². The standard InChI is InChI=1S/C17H29N3O/c1-5-21-15-8-6-7-14(9-15)16(10-18)20-11-13(2)17(12-20)19(3)4/h6-9,13,16-17H,5,10-12,18H2,1-4H3. The summed E-state index contributed by atoms with van der Waals surface area (Å²) in [6, 6.07) is 9.25. The van der Waals surface area contributed by atoms with E-state index in [-0.39, 0.29) is 6.04 Å². The minimum atomic E-state index is 0.276. The van der Waals surface area contributed by atoms with Gasteiger partial charge in [-0.05, 0) is 44.6 Å². The number of likely N-dealkylation sites (tertiary alicyclic amines) is 1. The first-order valence-corrected chi connectivity index (χ1v) is 7.90. The van der Waals surface area contributed by atoms with Gasteiger partial charge in [-0.2, -0.15) is 0 Å². The normalized spacial score (nSPS) is 24.5. The summed E-state index contributed by atoms with van der Waals surface area (Å²) >= 11 is 0. The Morgan fingerprint density at radius 1 is 1.38 bits per heavy atom. The molecular weight excluding hydrogens is 262 g/mol. The highest BCUT2D eigenvalue weighted by molar-refractivity contribution is 5.31. The molecule has 2 rings (SSSR count). The lowest BCUT2D eigenvalue weighted by Gasteiger charge is -2.28. The van der Waals surface area contributed by atoms with Crippen LogP contribution in [0.5, 0.6) is 5.75 Å². The third-order valence-electron chi connectivity index (χ3n) is 4.48. The van der Waals surface area contributed by atoms with Crippen molar-refractivity contribution < 1.29 is 4.74 Å². The van der Waals surface area contributed by atoms with E-state index in [0.717, 1.165) is 18.8 Å². The van der Waals surface area contributed by atoms with Gasteiger partial charge in [-0.3, -0.25) is 4.90 Å². The number of ether oxygens (including phenoxy) is 1. The summed E-state index contributed by atoms with van der Waals surface area (Å²) in [5.74, 6) is 1.61. The van der Waals surface area contributed by atoms with Crippen molar-refractivity contribution in [3.05, 3.63) is 29.8 Å². The summed E-state index contributed by atoms with van der Waals surface area (Å²) in [6.45, 7) is 7.85. The molecule has 1 aliphatic heterocycles. The zero-order valence-corrected chi connectivity index (χ0v) is 13.7. The summed E-state index contributed by atoms with van der Waals surface area (Å²) in [5.41, 5.74) is 7.34. The molecule has 1 aromatic carbocycles. The van der Waals surface area contributed by atoms with Crippen LogP contribution >= 0.6 is 0 Å². The summed E-state index contributed by atoms with van der Waals surface area (Å²) < 4.78 is 5.62. The molecule has 0 amide bonds. The molecule has 0 radical (unpaired) electrons. The van der Waals surface area contributed by atoms with Crippen LogP contribution in [0.2, 0.25) is 0 Å². The molecule has 1 saturated heterocycles. The van der Waals surface area contributed by atoms with E-state index in [2.05, 4.69) is 49.0 Å². The lowest BCUT2D eigenvalue weighted by molar-refractivity contribution is 0.219. The Balaban J connectivity index is 2.15. The van der Waals surface area contributed by atoms with Gasteiger partial charge in [-0.15, -0.1) is 0 Å². The minimum Gasteiger partial charge on any atom is -0.494 e. The van der Waals surface area contributed by atoms with Gasteiger partial charge in [-0.25, -0.2) is 0 Å². The third kappa shape index (κ3) is 3.76. The summed E-state index contributed by atoms with van der Waals surface area (Å²) in [4.78, 5) is 4.84. The van der Waals surface area contributed by atoms with Gasteiger partial charge in [-0.1, -0.05) is 19.1 Å². The van der Waals surface area contributed by atoms with Gasteiger partial charge in [0, 0.05) is 31.7 Å². The van der Waals surface area contributed by atoms with Crippen molar-refractivity contribution in [3.63, 3.8) is 0 Å². The molecule has 1 fully saturated rings. The molecule has 4 nitrogen and oxygen atoms in total. The summed E-state index contributed by atoms with van der Waals surface area (Å²) in [7, 11) is 4.33. The van der Waals surface area contributed by atoms with Crippen LogP contribution in [0.15, 0.2) is 24.3 Å². The van der Waals surface area contributed by atoms with E-state index in [9.17, 15) is 0 Å². The smallest absolute Gasteiger partial charge is 0.119 e. The van der Waals surface area contributed by atoms with Crippen LogP contribution in [-0.2, 0) is 0 Å². The Morgan fingerprint density at radius 2 is 2.14 bits per heavy atom. The maximum Gasteiger partial charge on any atom is 0.119 e. The van der Waals surface area contributed by atoms with Gasteiger partial charge in [0.25, 0.3) is 0 Å². The quantitative estimate of drug-likeness (QED) is 0.870. The van der Waals surface area contributed by atoms with E-state index >= 15 is 0 Å². The Morgan fingerprint density at radius 3 is 2.71 bits per heavy atom. The molecule has 118 valence electrons. The van der Waals surface area contributed by atoms with E-state index in [1.165, 1.54) is 5.56 Å². The number of benzene rings is 1. The zero-order chi connectivity index (χ0) is 15.4. The number of rotatable bonds is 6. The fourth-order valence-corrected chi connectivity index (χ4v) is 3.39. The molecule has 0 bridgehead atoms. The molecule has 1 aromatic rings. The molecule has 1 heterocycles. The first-order valence-electron chi connectivity index (χ1n) is 7.90. The predicted molar refractivity (Wildman–Crippen MR) is 87.6 cm³/mol. The Hall–Kier alpha value is -1.10. The van der Waals surface area contributed by atoms with E-state index in [0.29, 0.717) is 25.1 Å². The average Bonchev–Trinajstić information content (AvgIpc) is 2.82. The van der Waals surface area contributed by atoms with E-state index in [4.69, 9.17) is 10.5 Å². The SMILES string of the molecule is CCOc1cccc(C(CN)N2CC(C)C(N(C)C)C2)c1. The minimum absolute atomic E-state index is 0.276. The summed E-state index contributed by atoms with van der Waals surface area (Å²) in [5, 5.41) is 0. The Labute approximate surface area is 128 Å². The van der Waals surface area contributed by atoms with Crippen LogP contribution < -0.4 is 10.5 Å². The van der Waals surface area contributed by atoms with E-state index in [1.807, 2.05) is 13.0 Å². The average molecular weight is 291 g/mol. The van der Waals surface area contributed by atoms with Crippen molar-refractivity contribution >= 4 is 0 Å². The van der Waals surface area contributed by atoms with Gasteiger partial charge < -0.3 is 15.4 Å². The first-order chi connectivity index (χ1) is 10.1. The molecule has 21 heavy (non-hydrogen) atoms. The second-order valence-electron chi connectivity index (χ2n) is 6.22. The van der Waals surface area contributed by atoms with Crippen LogP contribution in [0.25, 0.3) is 0 Å². The largest absolute Gasteiger partial charge is 0.494 e. The van der Waals surface area contributed by atoms with E-state index in [1.54, 1.807) is 0 Å². The molecule has 3 atom stereocenters. The highest BCUT2D eigenvalue weighted by atomic mass is 16.5. The predicted octanol–water partition coefficient (Wildman–Crippen LogP) is 1.97. The fourth-order valence-electron chi connectivity index (χ4n) is 3.39. The molecule has 3 unspecified atom stereocenters. The Bertz CT molecular complexity index is 449. The second kappa shape index (κ2) is 7.25. The van der Waals surface area contributed by atoms with Gasteiger partial charge in [0.1, 0.15) is 5.75 Å². The molecule has 2 N–H and O–H groups in total. The van der Waals surface area contributed by atoms with Crippen LogP contribution in [-0.4, -0.2) is 56.2 Å². The van der Waals surface area contributed by atoms with Crippen LogP contribution in [0.4, 0.5) is 0 Å².